The van der Waals surface area contributed by atoms with Crippen molar-refractivity contribution in [2.75, 3.05) is 11.9 Å². The molecule has 0 spiro atoms. The highest BCUT2D eigenvalue weighted by Crippen LogP contribution is 2.26. The van der Waals surface area contributed by atoms with Gasteiger partial charge in [0.25, 0.3) is 0 Å². The van der Waals surface area contributed by atoms with Gasteiger partial charge in [-0.3, -0.25) is 0 Å². The maximum atomic E-state index is 4.31. The van der Waals surface area contributed by atoms with E-state index in [1.54, 1.807) is 6.33 Å². The van der Waals surface area contributed by atoms with E-state index in [1.807, 2.05) is 6.92 Å². The zero-order chi connectivity index (χ0) is 12.5. The topological polar surface area (TPSA) is 50.7 Å². The molecule has 2 aromatic rings. The Balaban J connectivity index is 2.16. The van der Waals surface area contributed by atoms with Gasteiger partial charge >= 0.3 is 0 Å². The summed E-state index contributed by atoms with van der Waals surface area (Å²) < 4.78 is 4.31. The zero-order valence-electron chi connectivity index (χ0n) is 10.7. The van der Waals surface area contributed by atoms with E-state index < -0.39 is 0 Å². The number of aryl methyl sites for hydroxylation is 1. The van der Waals surface area contributed by atoms with Gasteiger partial charge < -0.3 is 5.32 Å². The highest BCUT2D eigenvalue weighted by Gasteiger charge is 2.12. The first kappa shape index (κ1) is 12.2. The van der Waals surface area contributed by atoms with Crippen LogP contribution in [0.4, 0.5) is 5.82 Å². The number of nitrogens with zero attached hydrogens (tertiary/aromatic N) is 3. The van der Waals surface area contributed by atoms with Crippen LogP contribution >= 0.6 is 11.5 Å². The highest BCUT2D eigenvalue weighted by atomic mass is 32.1. The standard InChI is InChI=1S/C12H18N4S/c1-8-9-10(13-6-5-12(2,3)4)14-7-15-11(9)17-16-8/h7H,5-6H2,1-4H3,(H,13,14,15). The molecule has 2 heterocycles. The lowest BCUT2D eigenvalue weighted by molar-refractivity contribution is 0.389. The van der Waals surface area contributed by atoms with Crippen molar-refractivity contribution in [1.29, 1.82) is 0 Å². The number of nitrogens with one attached hydrogen (secondary N) is 1. The Kier molecular flexibility index (Phi) is 3.28. The van der Waals surface area contributed by atoms with Crippen LogP contribution in [0.25, 0.3) is 10.2 Å². The van der Waals surface area contributed by atoms with Crippen molar-refractivity contribution in [3.63, 3.8) is 0 Å². The fraction of sp³-hybridized carbons (Fsp3) is 0.583. The molecular formula is C12H18N4S. The molecule has 0 amide bonds. The number of hydrogen-bond acceptors (Lipinski definition) is 5. The minimum atomic E-state index is 0.334. The van der Waals surface area contributed by atoms with E-state index >= 15 is 0 Å². The number of rotatable bonds is 3. The number of fused-ring (bicyclic) bond motifs is 1. The molecule has 0 fully saturated rings. The Morgan fingerprint density at radius 2 is 2.06 bits per heavy atom. The van der Waals surface area contributed by atoms with Gasteiger partial charge in [-0.1, -0.05) is 20.8 Å². The van der Waals surface area contributed by atoms with Gasteiger partial charge in [0.2, 0.25) is 0 Å². The van der Waals surface area contributed by atoms with Gasteiger partial charge in [0.1, 0.15) is 17.0 Å². The third-order valence-corrected chi connectivity index (χ3v) is 3.46. The largest absolute Gasteiger partial charge is 0.369 e. The Morgan fingerprint density at radius 1 is 1.29 bits per heavy atom. The summed E-state index contributed by atoms with van der Waals surface area (Å²) in [5.41, 5.74) is 1.34. The Bertz CT molecular complexity index is 513. The molecule has 1 N–H and O–H groups in total. The van der Waals surface area contributed by atoms with E-state index in [1.165, 1.54) is 11.5 Å². The van der Waals surface area contributed by atoms with Gasteiger partial charge in [-0.15, -0.1) is 0 Å². The van der Waals surface area contributed by atoms with Crippen LogP contribution < -0.4 is 5.32 Å². The van der Waals surface area contributed by atoms with Crippen molar-refractivity contribution in [3.8, 4) is 0 Å². The van der Waals surface area contributed by atoms with Crippen LogP contribution in [-0.4, -0.2) is 20.9 Å². The van der Waals surface area contributed by atoms with Gasteiger partial charge in [0, 0.05) is 6.54 Å². The summed E-state index contributed by atoms with van der Waals surface area (Å²) in [4.78, 5) is 9.48. The van der Waals surface area contributed by atoms with E-state index in [9.17, 15) is 0 Å². The second-order valence-corrected chi connectivity index (χ2v) is 6.16. The monoisotopic (exact) mass is 250 g/mol. The predicted octanol–water partition coefficient (Wildman–Crippen LogP) is 3.24. The number of hydrogen-bond donors (Lipinski definition) is 1. The summed E-state index contributed by atoms with van der Waals surface area (Å²) in [6.45, 7) is 9.63. The lowest BCUT2D eigenvalue weighted by atomic mass is 9.92. The molecule has 0 radical (unpaired) electrons. The molecule has 0 aliphatic rings. The average molecular weight is 250 g/mol. The van der Waals surface area contributed by atoms with E-state index in [2.05, 4.69) is 40.4 Å². The summed E-state index contributed by atoms with van der Waals surface area (Å²) in [5, 5.41) is 4.45. The summed E-state index contributed by atoms with van der Waals surface area (Å²) in [6, 6.07) is 0. The fourth-order valence-electron chi connectivity index (χ4n) is 1.61. The normalized spacial score (nSPS) is 12.0. The Morgan fingerprint density at radius 3 is 2.76 bits per heavy atom. The van der Waals surface area contributed by atoms with Gasteiger partial charge in [-0.2, -0.15) is 4.37 Å². The molecule has 0 saturated carbocycles. The molecule has 0 atom stereocenters. The number of anilines is 1. The molecule has 5 heteroatoms. The quantitative estimate of drug-likeness (QED) is 0.908. The van der Waals surface area contributed by atoms with Crippen LogP contribution in [0.3, 0.4) is 0 Å². The first-order chi connectivity index (χ1) is 7.97. The SMILES string of the molecule is Cc1nsc2ncnc(NCCC(C)(C)C)c12. The lowest BCUT2D eigenvalue weighted by Gasteiger charge is -2.18. The molecule has 0 unspecified atom stereocenters. The molecule has 92 valence electrons. The van der Waals surface area contributed by atoms with Crippen LogP contribution in [0, 0.1) is 12.3 Å². The third-order valence-electron chi connectivity index (χ3n) is 2.61. The molecule has 0 bridgehead atoms. The Labute approximate surface area is 106 Å². The summed E-state index contributed by atoms with van der Waals surface area (Å²) >= 11 is 1.43. The van der Waals surface area contributed by atoms with Gasteiger partial charge in [0.15, 0.2) is 0 Å². The number of aromatic nitrogens is 3. The molecule has 17 heavy (non-hydrogen) atoms. The van der Waals surface area contributed by atoms with Gasteiger partial charge in [-0.05, 0) is 30.3 Å². The summed E-state index contributed by atoms with van der Waals surface area (Å²) in [5.74, 6) is 0.908. The fourth-order valence-corrected chi connectivity index (χ4v) is 2.36. The first-order valence-electron chi connectivity index (χ1n) is 5.78. The van der Waals surface area contributed by atoms with Crippen molar-refractivity contribution in [1.82, 2.24) is 14.3 Å². The van der Waals surface area contributed by atoms with Crippen molar-refractivity contribution in [3.05, 3.63) is 12.0 Å². The molecule has 0 saturated heterocycles. The zero-order valence-corrected chi connectivity index (χ0v) is 11.6. The summed E-state index contributed by atoms with van der Waals surface area (Å²) in [6.07, 6.45) is 2.70. The second kappa shape index (κ2) is 4.56. The highest BCUT2D eigenvalue weighted by molar-refractivity contribution is 7.13. The molecular weight excluding hydrogens is 232 g/mol. The van der Waals surface area contributed by atoms with Crippen molar-refractivity contribution in [2.24, 2.45) is 5.41 Å². The van der Waals surface area contributed by atoms with Crippen LogP contribution in [0.15, 0.2) is 6.33 Å². The summed E-state index contributed by atoms with van der Waals surface area (Å²) in [7, 11) is 0. The lowest BCUT2D eigenvalue weighted by Crippen LogP contribution is -2.13. The third kappa shape index (κ3) is 2.91. The molecule has 2 aromatic heterocycles. The van der Waals surface area contributed by atoms with Crippen molar-refractivity contribution in [2.45, 2.75) is 34.1 Å². The average Bonchev–Trinajstić information content (AvgIpc) is 2.60. The van der Waals surface area contributed by atoms with Gasteiger partial charge in [0.05, 0.1) is 11.1 Å². The molecule has 2 rings (SSSR count). The maximum Gasteiger partial charge on any atom is 0.149 e. The van der Waals surface area contributed by atoms with E-state index in [4.69, 9.17) is 0 Å². The minimum Gasteiger partial charge on any atom is -0.369 e. The second-order valence-electron chi connectivity index (χ2n) is 5.41. The van der Waals surface area contributed by atoms with Crippen molar-refractivity contribution < 1.29 is 0 Å². The van der Waals surface area contributed by atoms with E-state index in [0.29, 0.717) is 5.41 Å². The Hall–Kier alpha value is -1.23. The van der Waals surface area contributed by atoms with Crippen LogP contribution in [0.2, 0.25) is 0 Å². The van der Waals surface area contributed by atoms with Gasteiger partial charge in [-0.25, -0.2) is 9.97 Å². The molecule has 0 aliphatic heterocycles. The van der Waals surface area contributed by atoms with E-state index in [-0.39, 0.29) is 0 Å². The molecule has 0 aromatic carbocycles. The van der Waals surface area contributed by atoms with E-state index in [0.717, 1.165) is 34.7 Å². The van der Waals surface area contributed by atoms with Crippen molar-refractivity contribution >= 4 is 27.6 Å². The van der Waals surface area contributed by atoms with Crippen LogP contribution in [-0.2, 0) is 0 Å². The predicted molar refractivity (Wildman–Crippen MR) is 72.5 cm³/mol. The first-order valence-corrected chi connectivity index (χ1v) is 6.55. The molecule has 0 aliphatic carbocycles. The molecule has 4 nitrogen and oxygen atoms in total. The smallest absolute Gasteiger partial charge is 0.149 e. The maximum absolute atomic E-state index is 4.31. The minimum absolute atomic E-state index is 0.334. The van der Waals surface area contributed by atoms with Crippen LogP contribution in [0.5, 0.6) is 0 Å². The van der Waals surface area contributed by atoms with Crippen LogP contribution in [0.1, 0.15) is 32.9 Å².